The summed E-state index contributed by atoms with van der Waals surface area (Å²) < 4.78 is 10.7. The third kappa shape index (κ3) is 8.77. The molecular weight excluding hydrogens is 478 g/mol. The highest BCUT2D eigenvalue weighted by atomic mass is 35.5. The first kappa shape index (κ1) is 27.4. The van der Waals surface area contributed by atoms with E-state index in [9.17, 15) is 14.9 Å². The molecular formula is C29H32ClNO5. The zero-order valence-corrected chi connectivity index (χ0v) is 21.3. The maximum absolute atomic E-state index is 12.2. The lowest BCUT2D eigenvalue weighted by Crippen LogP contribution is -2.28. The first-order valence-corrected chi connectivity index (χ1v) is 12.6. The van der Waals surface area contributed by atoms with E-state index in [1.807, 2.05) is 37.3 Å². The SMILES string of the molecule is C[C@@H](Cc1ccccc1)[C@@H]1CO1.C[C@@H](Cc1ccccc1)[C@H](CCl)OC(=O)c1ccc([N+](=O)[O-])cc1. The second-order valence-electron chi connectivity index (χ2n) is 9.11. The summed E-state index contributed by atoms with van der Waals surface area (Å²) in [5.41, 5.74) is 2.76. The molecule has 0 N–H and O–H groups in total. The van der Waals surface area contributed by atoms with Crippen LogP contribution in [0.4, 0.5) is 5.69 Å². The van der Waals surface area contributed by atoms with Crippen molar-refractivity contribution in [1.82, 2.24) is 0 Å². The van der Waals surface area contributed by atoms with Gasteiger partial charge in [0.25, 0.3) is 5.69 Å². The lowest BCUT2D eigenvalue weighted by molar-refractivity contribution is -0.384. The fourth-order valence-electron chi connectivity index (χ4n) is 3.84. The number of hydrogen-bond acceptors (Lipinski definition) is 5. The predicted octanol–water partition coefficient (Wildman–Crippen LogP) is 6.50. The molecule has 1 fully saturated rings. The topological polar surface area (TPSA) is 82.0 Å². The molecule has 190 valence electrons. The molecule has 0 saturated carbocycles. The average Bonchev–Trinajstić information content (AvgIpc) is 3.74. The van der Waals surface area contributed by atoms with Crippen LogP contribution in [0.5, 0.6) is 0 Å². The summed E-state index contributed by atoms with van der Waals surface area (Å²) in [6.07, 6.45) is 1.98. The molecule has 36 heavy (non-hydrogen) atoms. The number of hydrogen-bond donors (Lipinski definition) is 0. The molecule has 1 aliphatic rings. The Morgan fingerprint density at radius 3 is 1.97 bits per heavy atom. The number of halogens is 1. The molecule has 4 rings (SSSR count). The molecule has 1 aliphatic heterocycles. The van der Waals surface area contributed by atoms with E-state index in [1.54, 1.807) is 0 Å². The quantitative estimate of drug-likeness (QED) is 0.102. The third-order valence-electron chi connectivity index (χ3n) is 6.15. The van der Waals surface area contributed by atoms with Crippen molar-refractivity contribution in [3.8, 4) is 0 Å². The Balaban J connectivity index is 0.000000249. The zero-order valence-electron chi connectivity index (χ0n) is 20.6. The number of ether oxygens (including phenoxy) is 2. The van der Waals surface area contributed by atoms with E-state index < -0.39 is 17.0 Å². The Kier molecular flexibility index (Phi) is 10.5. The number of non-ortho nitro benzene ring substituents is 1. The monoisotopic (exact) mass is 509 g/mol. The molecule has 1 saturated heterocycles. The predicted molar refractivity (Wildman–Crippen MR) is 141 cm³/mol. The van der Waals surface area contributed by atoms with Crippen molar-refractivity contribution in [2.45, 2.75) is 38.9 Å². The molecule has 0 amide bonds. The van der Waals surface area contributed by atoms with Gasteiger partial charge in [-0.25, -0.2) is 4.79 Å². The van der Waals surface area contributed by atoms with Crippen LogP contribution in [0.2, 0.25) is 0 Å². The molecule has 3 aromatic rings. The van der Waals surface area contributed by atoms with Crippen LogP contribution in [-0.2, 0) is 22.3 Å². The normalized spacial score (nSPS) is 16.6. The van der Waals surface area contributed by atoms with Crippen molar-refractivity contribution in [2.75, 3.05) is 12.5 Å². The van der Waals surface area contributed by atoms with Gasteiger partial charge in [-0.2, -0.15) is 0 Å². The summed E-state index contributed by atoms with van der Waals surface area (Å²) >= 11 is 5.96. The van der Waals surface area contributed by atoms with Crippen molar-refractivity contribution < 1.29 is 19.2 Å². The van der Waals surface area contributed by atoms with Crippen LogP contribution in [0.1, 0.15) is 35.3 Å². The molecule has 7 heteroatoms. The number of benzene rings is 3. The maximum Gasteiger partial charge on any atom is 0.338 e. The molecule has 0 aliphatic carbocycles. The van der Waals surface area contributed by atoms with Crippen LogP contribution in [0.3, 0.4) is 0 Å². The highest BCUT2D eigenvalue weighted by Crippen LogP contribution is 2.23. The molecule has 0 bridgehead atoms. The number of esters is 1. The van der Waals surface area contributed by atoms with E-state index in [-0.39, 0.29) is 23.0 Å². The van der Waals surface area contributed by atoms with Gasteiger partial charge in [-0.15, -0.1) is 11.6 Å². The van der Waals surface area contributed by atoms with Gasteiger partial charge in [0.1, 0.15) is 6.10 Å². The van der Waals surface area contributed by atoms with Crippen LogP contribution >= 0.6 is 11.6 Å². The smallest absolute Gasteiger partial charge is 0.338 e. The lowest BCUT2D eigenvalue weighted by atomic mass is 9.96. The molecule has 0 unspecified atom stereocenters. The molecule has 4 atom stereocenters. The van der Waals surface area contributed by atoms with E-state index in [0.29, 0.717) is 12.0 Å². The van der Waals surface area contributed by atoms with E-state index >= 15 is 0 Å². The van der Waals surface area contributed by atoms with Gasteiger partial charge in [-0.1, -0.05) is 74.5 Å². The Labute approximate surface area is 217 Å². The molecule has 0 aromatic heterocycles. The number of carbonyl (C=O) groups is 1. The van der Waals surface area contributed by atoms with Crippen molar-refractivity contribution in [2.24, 2.45) is 11.8 Å². The first-order chi connectivity index (χ1) is 17.4. The summed E-state index contributed by atoms with van der Waals surface area (Å²) in [6, 6.07) is 25.8. The van der Waals surface area contributed by atoms with Gasteiger partial charge in [0.15, 0.2) is 0 Å². The minimum Gasteiger partial charge on any atom is -0.457 e. The van der Waals surface area contributed by atoms with E-state index in [0.717, 1.165) is 25.0 Å². The Morgan fingerprint density at radius 2 is 1.50 bits per heavy atom. The van der Waals surface area contributed by atoms with Crippen LogP contribution in [-0.4, -0.2) is 35.6 Å². The fourth-order valence-corrected chi connectivity index (χ4v) is 4.21. The minimum atomic E-state index is -0.532. The Hall–Kier alpha value is -3.22. The number of carbonyl (C=O) groups excluding carboxylic acids is 1. The van der Waals surface area contributed by atoms with E-state index in [4.69, 9.17) is 21.1 Å². The number of nitro benzene ring substituents is 1. The van der Waals surface area contributed by atoms with Crippen molar-refractivity contribution >= 4 is 23.3 Å². The van der Waals surface area contributed by atoms with Crippen molar-refractivity contribution in [1.29, 1.82) is 0 Å². The van der Waals surface area contributed by atoms with Crippen LogP contribution in [0.25, 0.3) is 0 Å². The standard InChI is InChI=1S/C18H18ClNO4.C11H14O/c1-13(11-14-5-3-2-4-6-14)17(12-19)24-18(21)15-7-9-16(10-8-15)20(22)23;1-9(11-8-12-11)7-10-5-3-2-4-6-10/h2-10,13,17H,11-12H2,1H3;2-6,9,11H,7-8H2,1H3/t13-,17-;9-,11-/m00/s1. The summed E-state index contributed by atoms with van der Waals surface area (Å²) in [7, 11) is 0. The largest absolute Gasteiger partial charge is 0.457 e. The first-order valence-electron chi connectivity index (χ1n) is 12.1. The van der Waals surface area contributed by atoms with Crippen molar-refractivity contribution in [3.63, 3.8) is 0 Å². The van der Waals surface area contributed by atoms with Gasteiger partial charge in [-0.3, -0.25) is 10.1 Å². The molecule has 6 nitrogen and oxygen atoms in total. The molecule has 0 spiro atoms. The van der Waals surface area contributed by atoms with Crippen LogP contribution in [0, 0.1) is 22.0 Å². The number of epoxide rings is 1. The third-order valence-corrected chi connectivity index (χ3v) is 6.46. The minimum absolute atomic E-state index is 0.0481. The summed E-state index contributed by atoms with van der Waals surface area (Å²) in [6.45, 7) is 5.20. The van der Waals surface area contributed by atoms with Gasteiger partial charge >= 0.3 is 5.97 Å². The van der Waals surface area contributed by atoms with Gasteiger partial charge < -0.3 is 9.47 Å². The number of alkyl halides is 1. The molecule has 0 radical (unpaired) electrons. The number of nitrogens with zero attached hydrogens (tertiary/aromatic N) is 1. The lowest BCUT2D eigenvalue weighted by Gasteiger charge is -2.22. The van der Waals surface area contributed by atoms with Gasteiger partial charge in [0, 0.05) is 12.1 Å². The summed E-state index contributed by atoms with van der Waals surface area (Å²) in [5, 5.41) is 10.6. The Morgan fingerprint density at radius 1 is 0.972 bits per heavy atom. The van der Waals surface area contributed by atoms with E-state index in [2.05, 4.69) is 37.3 Å². The van der Waals surface area contributed by atoms with Gasteiger partial charge in [-0.05, 0) is 47.9 Å². The fraction of sp³-hybridized carbons (Fsp3) is 0.345. The van der Waals surface area contributed by atoms with Crippen LogP contribution < -0.4 is 0 Å². The van der Waals surface area contributed by atoms with Crippen LogP contribution in [0.15, 0.2) is 84.9 Å². The second-order valence-corrected chi connectivity index (χ2v) is 9.42. The summed E-state index contributed by atoms with van der Waals surface area (Å²) in [5.74, 6) is 0.377. The van der Waals surface area contributed by atoms with E-state index in [1.165, 1.54) is 29.8 Å². The number of rotatable bonds is 10. The van der Waals surface area contributed by atoms with Gasteiger partial charge in [0.05, 0.1) is 29.1 Å². The molecule has 1 heterocycles. The maximum atomic E-state index is 12.2. The van der Waals surface area contributed by atoms with Crippen molar-refractivity contribution in [3.05, 3.63) is 112 Å². The second kappa shape index (κ2) is 13.8. The van der Waals surface area contributed by atoms with Gasteiger partial charge in [0.2, 0.25) is 0 Å². The highest BCUT2D eigenvalue weighted by molar-refractivity contribution is 6.18. The molecule has 3 aromatic carbocycles. The average molecular weight is 510 g/mol. The zero-order chi connectivity index (χ0) is 25.9. The summed E-state index contributed by atoms with van der Waals surface area (Å²) in [4.78, 5) is 22.3. The number of nitro groups is 1. The highest BCUT2D eigenvalue weighted by Gasteiger charge is 2.29. The Bertz CT molecular complexity index is 1090.